The number of nitrogens with two attached hydrogens (primary N) is 1. The van der Waals surface area contributed by atoms with Crippen LogP contribution in [0.5, 0.6) is 0 Å². The summed E-state index contributed by atoms with van der Waals surface area (Å²) in [5, 5.41) is 6.86. The molecule has 1 rings (SSSR count). The van der Waals surface area contributed by atoms with Crippen LogP contribution in [0.2, 0.25) is 0 Å². The predicted molar refractivity (Wildman–Crippen MR) is 70.8 cm³/mol. The molecule has 0 radical (unpaired) electrons. The summed E-state index contributed by atoms with van der Waals surface area (Å²) in [6.07, 6.45) is 4.52. The Kier molecular flexibility index (Phi) is 4.22. The molecule has 0 spiro atoms. The Morgan fingerprint density at radius 3 is 2.53 bits per heavy atom. The van der Waals surface area contributed by atoms with Gasteiger partial charge in [-0.2, -0.15) is 5.10 Å². The van der Waals surface area contributed by atoms with Gasteiger partial charge in [-0.15, -0.1) is 0 Å². The second kappa shape index (κ2) is 5.27. The molecule has 0 aliphatic carbocycles. The highest BCUT2D eigenvalue weighted by molar-refractivity contribution is 7.80. The first-order chi connectivity index (χ1) is 7.95. The minimum atomic E-state index is -0.609. The van der Waals surface area contributed by atoms with Gasteiger partial charge >= 0.3 is 0 Å². The molecule has 3 N–H and O–H groups in total. The lowest BCUT2D eigenvalue weighted by molar-refractivity contribution is 0.0920. The molecule has 0 bridgehead atoms. The minimum absolute atomic E-state index is 0.199. The van der Waals surface area contributed by atoms with E-state index in [4.69, 9.17) is 18.0 Å². The molecular weight excluding hydrogens is 236 g/mol. The van der Waals surface area contributed by atoms with E-state index < -0.39 is 5.54 Å². The number of hydrogen-bond donors (Lipinski definition) is 2. The van der Waals surface area contributed by atoms with E-state index in [0.29, 0.717) is 23.4 Å². The number of nitrogens with one attached hydrogen (secondary N) is 1. The number of aryl methyl sites for hydroxylation is 1. The molecule has 0 fully saturated rings. The van der Waals surface area contributed by atoms with Gasteiger partial charge in [0.05, 0.1) is 22.3 Å². The minimum Gasteiger partial charge on any atom is -0.391 e. The molecule has 17 heavy (non-hydrogen) atoms. The Labute approximate surface area is 106 Å². The number of carbonyl (C=O) groups is 1. The zero-order valence-electron chi connectivity index (χ0n) is 10.4. The van der Waals surface area contributed by atoms with E-state index in [1.165, 1.54) is 6.20 Å². The first-order valence-electron chi connectivity index (χ1n) is 5.56. The molecule has 0 saturated heterocycles. The Morgan fingerprint density at radius 2 is 2.18 bits per heavy atom. The third-order valence-corrected chi connectivity index (χ3v) is 3.39. The van der Waals surface area contributed by atoms with Crippen LogP contribution in [0.1, 0.15) is 37.0 Å². The summed E-state index contributed by atoms with van der Waals surface area (Å²) in [7, 11) is 1.76. The van der Waals surface area contributed by atoms with Crippen LogP contribution >= 0.6 is 12.2 Å². The summed E-state index contributed by atoms with van der Waals surface area (Å²) in [4.78, 5) is 12.3. The molecule has 0 saturated carbocycles. The number of rotatable bonds is 5. The van der Waals surface area contributed by atoms with Crippen molar-refractivity contribution in [3.63, 3.8) is 0 Å². The van der Waals surface area contributed by atoms with Gasteiger partial charge in [-0.05, 0) is 12.8 Å². The normalized spacial score (nSPS) is 11.2. The molecule has 0 aliphatic rings. The molecule has 94 valence electrons. The smallest absolute Gasteiger partial charge is 0.255 e. The lowest BCUT2D eigenvalue weighted by Gasteiger charge is -2.31. The molecule has 0 atom stereocenters. The van der Waals surface area contributed by atoms with Crippen LogP contribution in [-0.4, -0.2) is 26.2 Å². The number of nitrogens with zero attached hydrogens (tertiary/aromatic N) is 2. The maximum Gasteiger partial charge on any atom is 0.255 e. The molecule has 1 aromatic heterocycles. The van der Waals surface area contributed by atoms with Gasteiger partial charge in [-0.25, -0.2) is 0 Å². The van der Waals surface area contributed by atoms with Crippen molar-refractivity contribution >= 4 is 23.1 Å². The van der Waals surface area contributed by atoms with E-state index in [1.54, 1.807) is 17.9 Å². The monoisotopic (exact) mass is 254 g/mol. The quantitative estimate of drug-likeness (QED) is 0.769. The van der Waals surface area contributed by atoms with Gasteiger partial charge in [0.15, 0.2) is 0 Å². The van der Waals surface area contributed by atoms with Gasteiger partial charge in [0.2, 0.25) is 0 Å². The number of carbonyl (C=O) groups excluding carboxylic acids is 1. The van der Waals surface area contributed by atoms with Gasteiger partial charge in [-0.3, -0.25) is 9.48 Å². The zero-order valence-corrected chi connectivity index (χ0v) is 11.2. The van der Waals surface area contributed by atoms with Gasteiger partial charge in [0.25, 0.3) is 5.91 Å². The lowest BCUT2D eigenvalue weighted by Crippen LogP contribution is -2.55. The van der Waals surface area contributed by atoms with Crippen LogP contribution in [0.25, 0.3) is 0 Å². The topological polar surface area (TPSA) is 72.9 Å². The fraction of sp³-hybridized carbons (Fsp3) is 0.545. The highest BCUT2D eigenvalue weighted by atomic mass is 32.1. The van der Waals surface area contributed by atoms with E-state index in [1.807, 2.05) is 13.8 Å². The molecule has 5 nitrogen and oxygen atoms in total. The molecule has 1 aromatic rings. The van der Waals surface area contributed by atoms with Gasteiger partial charge < -0.3 is 11.1 Å². The van der Waals surface area contributed by atoms with Crippen molar-refractivity contribution in [2.75, 3.05) is 0 Å². The fourth-order valence-electron chi connectivity index (χ4n) is 1.66. The van der Waals surface area contributed by atoms with Crippen molar-refractivity contribution in [3.05, 3.63) is 18.0 Å². The summed E-state index contributed by atoms with van der Waals surface area (Å²) < 4.78 is 1.58. The standard InChI is InChI=1S/C11H18N4OS/c1-4-11(5-2,10(12)17)14-9(16)8-6-13-15(3)7-8/h6-7H,4-5H2,1-3H3,(H2,12,17)(H,14,16). The molecule has 0 unspecified atom stereocenters. The summed E-state index contributed by atoms with van der Waals surface area (Å²) in [6, 6.07) is 0. The Bertz CT molecular complexity index is 423. The van der Waals surface area contributed by atoms with Crippen LogP contribution in [0.4, 0.5) is 0 Å². The van der Waals surface area contributed by atoms with Crippen molar-refractivity contribution in [2.24, 2.45) is 12.8 Å². The van der Waals surface area contributed by atoms with E-state index >= 15 is 0 Å². The van der Waals surface area contributed by atoms with Crippen LogP contribution in [0, 0.1) is 0 Å². The Morgan fingerprint density at radius 1 is 1.59 bits per heavy atom. The second-order valence-corrected chi connectivity index (χ2v) is 4.45. The first kappa shape index (κ1) is 13.6. The number of amides is 1. The highest BCUT2D eigenvalue weighted by Crippen LogP contribution is 2.16. The maximum atomic E-state index is 12.0. The van der Waals surface area contributed by atoms with Crippen molar-refractivity contribution in [3.8, 4) is 0 Å². The second-order valence-electron chi connectivity index (χ2n) is 4.01. The molecule has 0 aliphatic heterocycles. The summed E-state index contributed by atoms with van der Waals surface area (Å²) >= 11 is 5.04. The summed E-state index contributed by atoms with van der Waals surface area (Å²) in [6.45, 7) is 3.90. The average molecular weight is 254 g/mol. The van der Waals surface area contributed by atoms with Gasteiger partial charge in [0, 0.05) is 13.2 Å². The third kappa shape index (κ3) is 2.82. The largest absolute Gasteiger partial charge is 0.391 e. The average Bonchev–Trinajstić information content (AvgIpc) is 2.72. The third-order valence-electron chi connectivity index (χ3n) is 3.00. The lowest BCUT2D eigenvalue weighted by atomic mass is 9.92. The predicted octanol–water partition coefficient (Wildman–Crippen LogP) is 0.995. The summed E-state index contributed by atoms with van der Waals surface area (Å²) in [5.41, 5.74) is 5.62. The molecular formula is C11H18N4OS. The van der Waals surface area contributed by atoms with Gasteiger partial charge in [-0.1, -0.05) is 26.1 Å². The molecule has 1 heterocycles. The van der Waals surface area contributed by atoms with E-state index in [-0.39, 0.29) is 5.91 Å². The first-order valence-corrected chi connectivity index (χ1v) is 5.97. The zero-order chi connectivity index (χ0) is 13.1. The Balaban J connectivity index is 2.88. The van der Waals surface area contributed by atoms with Crippen molar-refractivity contribution in [1.82, 2.24) is 15.1 Å². The highest BCUT2D eigenvalue weighted by Gasteiger charge is 2.31. The fourth-order valence-corrected chi connectivity index (χ4v) is 2.00. The molecule has 1 amide bonds. The maximum absolute atomic E-state index is 12.0. The van der Waals surface area contributed by atoms with Gasteiger partial charge in [0.1, 0.15) is 0 Å². The van der Waals surface area contributed by atoms with Crippen molar-refractivity contribution < 1.29 is 4.79 Å². The number of thiocarbonyl (C=S) groups is 1. The van der Waals surface area contributed by atoms with E-state index in [2.05, 4.69) is 10.4 Å². The van der Waals surface area contributed by atoms with Crippen LogP contribution in [0.15, 0.2) is 12.4 Å². The van der Waals surface area contributed by atoms with E-state index in [0.717, 1.165) is 0 Å². The number of hydrogen-bond acceptors (Lipinski definition) is 3. The summed E-state index contributed by atoms with van der Waals surface area (Å²) in [5.74, 6) is -0.199. The SMILES string of the molecule is CCC(CC)(NC(=O)c1cnn(C)c1)C(N)=S. The van der Waals surface area contributed by atoms with Crippen LogP contribution in [-0.2, 0) is 7.05 Å². The number of aromatic nitrogens is 2. The Hall–Kier alpha value is -1.43. The molecule has 6 heteroatoms. The molecule has 0 aromatic carbocycles. The van der Waals surface area contributed by atoms with Crippen molar-refractivity contribution in [2.45, 2.75) is 32.2 Å². The van der Waals surface area contributed by atoms with Crippen LogP contribution in [0.3, 0.4) is 0 Å². The van der Waals surface area contributed by atoms with Crippen molar-refractivity contribution in [1.29, 1.82) is 0 Å². The van der Waals surface area contributed by atoms with Crippen LogP contribution < -0.4 is 11.1 Å². The van der Waals surface area contributed by atoms with E-state index in [9.17, 15) is 4.79 Å².